The highest BCUT2D eigenvalue weighted by Gasteiger charge is 2.20. The van der Waals surface area contributed by atoms with Crippen LogP contribution in [-0.2, 0) is 0 Å². The van der Waals surface area contributed by atoms with Gasteiger partial charge in [0.15, 0.2) is 0 Å². The summed E-state index contributed by atoms with van der Waals surface area (Å²) < 4.78 is 12.7. The smallest absolute Gasteiger partial charge is 0.125 e. The Kier molecular flexibility index (Phi) is 1.73. The first kappa shape index (κ1) is 7.55. The van der Waals surface area contributed by atoms with Crippen LogP contribution in [0.5, 0.6) is 0 Å². The molecule has 0 fully saturated rings. The number of hydrogen-bond donors (Lipinski definition) is 2. The molecule has 0 amide bonds. The number of rotatable bonds is 1. The lowest BCUT2D eigenvalue weighted by atomic mass is 10.1. The van der Waals surface area contributed by atoms with Crippen molar-refractivity contribution in [3.63, 3.8) is 0 Å². The van der Waals surface area contributed by atoms with Gasteiger partial charge in [-0.1, -0.05) is 6.07 Å². The van der Waals surface area contributed by atoms with Crippen molar-refractivity contribution < 1.29 is 4.39 Å². The van der Waals surface area contributed by atoms with E-state index in [1.165, 1.54) is 12.1 Å². The molecule has 1 heterocycles. The van der Waals surface area contributed by atoms with Crippen LogP contribution in [-0.4, -0.2) is 13.6 Å². The van der Waals surface area contributed by atoms with Gasteiger partial charge >= 0.3 is 0 Å². The zero-order valence-electron chi connectivity index (χ0n) is 6.89. The molecule has 0 bridgehead atoms. The van der Waals surface area contributed by atoms with Gasteiger partial charge in [0.25, 0.3) is 0 Å². The minimum atomic E-state index is -0.182. The van der Waals surface area contributed by atoms with Crippen molar-refractivity contribution in [1.29, 1.82) is 0 Å². The van der Waals surface area contributed by atoms with Gasteiger partial charge in [-0.05, 0) is 24.7 Å². The van der Waals surface area contributed by atoms with Gasteiger partial charge in [0, 0.05) is 12.2 Å². The number of anilines is 1. The summed E-state index contributed by atoms with van der Waals surface area (Å²) in [6.07, 6.45) is 0. The molecule has 2 N–H and O–H groups in total. The molecular formula is C9H11FN2. The average molecular weight is 166 g/mol. The van der Waals surface area contributed by atoms with Crippen molar-refractivity contribution in [2.75, 3.05) is 18.9 Å². The molecule has 0 saturated carbocycles. The summed E-state index contributed by atoms with van der Waals surface area (Å²) >= 11 is 0. The van der Waals surface area contributed by atoms with Gasteiger partial charge in [-0.3, -0.25) is 0 Å². The predicted octanol–water partition coefficient (Wildman–Crippen LogP) is 1.51. The molecule has 1 aliphatic heterocycles. The highest BCUT2D eigenvalue weighted by Crippen LogP contribution is 2.29. The third-order valence-corrected chi connectivity index (χ3v) is 2.24. The minimum Gasteiger partial charge on any atom is -0.383 e. The highest BCUT2D eigenvalue weighted by atomic mass is 19.1. The number of benzene rings is 1. The largest absolute Gasteiger partial charge is 0.383 e. The molecule has 0 aliphatic carbocycles. The maximum Gasteiger partial charge on any atom is 0.125 e. The van der Waals surface area contributed by atoms with Gasteiger partial charge in [0.05, 0.1) is 6.04 Å². The van der Waals surface area contributed by atoms with Crippen LogP contribution in [0.2, 0.25) is 0 Å². The lowest BCUT2D eigenvalue weighted by molar-refractivity contribution is 0.624. The molecule has 12 heavy (non-hydrogen) atoms. The van der Waals surface area contributed by atoms with Crippen molar-refractivity contribution in [2.24, 2.45) is 0 Å². The fourth-order valence-corrected chi connectivity index (χ4v) is 1.56. The SMILES string of the molecule is CNC1CNc2cc(F)ccc21. The average Bonchev–Trinajstić information content (AvgIpc) is 2.46. The zero-order chi connectivity index (χ0) is 8.55. The second-order valence-electron chi connectivity index (χ2n) is 2.95. The Morgan fingerprint density at radius 3 is 3.17 bits per heavy atom. The van der Waals surface area contributed by atoms with E-state index in [1.807, 2.05) is 13.1 Å². The monoisotopic (exact) mass is 166 g/mol. The molecule has 1 unspecified atom stereocenters. The molecule has 64 valence electrons. The Bertz CT molecular complexity index is 299. The molecule has 1 aromatic rings. The molecule has 1 aliphatic rings. The molecular weight excluding hydrogens is 155 g/mol. The summed E-state index contributed by atoms with van der Waals surface area (Å²) in [6, 6.07) is 5.18. The van der Waals surface area contributed by atoms with Gasteiger partial charge in [-0.25, -0.2) is 4.39 Å². The Labute approximate surface area is 70.8 Å². The van der Waals surface area contributed by atoms with E-state index in [0.29, 0.717) is 6.04 Å². The molecule has 0 saturated heterocycles. The van der Waals surface area contributed by atoms with E-state index in [1.54, 1.807) is 0 Å². The van der Waals surface area contributed by atoms with Crippen LogP contribution in [0, 0.1) is 5.82 Å². The summed E-state index contributed by atoms with van der Waals surface area (Å²) in [6.45, 7) is 0.843. The Morgan fingerprint density at radius 2 is 2.42 bits per heavy atom. The zero-order valence-corrected chi connectivity index (χ0v) is 6.89. The van der Waals surface area contributed by atoms with Crippen molar-refractivity contribution in [3.8, 4) is 0 Å². The minimum absolute atomic E-state index is 0.182. The number of halogens is 1. The van der Waals surface area contributed by atoms with Gasteiger partial charge in [0.1, 0.15) is 5.82 Å². The summed E-state index contributed by atoms with van der Waals surface area (Å²) in [7, 11) is 1.91. The summed E-state index contributed by atoms with van der Waals surface area (Å²) in [5.41, 5.74) is 2.06. The topological polar surface area (TPSA) is 24.1 Å². The van der Waals surface area contributed by atoms with E-state index < -0.39 is 0 Å². The van der Waals surface area contributed by atoms with Crippen LogP contribution >= 0.6 is 0 Å². The van der Waals surface area contributed by atoms with Crippen LogP contribution in [0.4, 0.5) is 10.1 Å². The van der Waals surface area contributed by atoms with E-state index in [4.69, 9.17) is 0 Å². The molecule has 1 aromatic carbocycles. The van der Waals surface area contributed by atoms with E-state index in [2.05, 4.69) is 10.6 Å². The van der Waals surface area contributed by atoms with Crippen molar-refractivity contribution in [1.82, 2.24) is 5.32 Å². The van der Waals surface area contributed by atoms with Crippen LogP contribution in [0.1, 0.15) is 11.6 Å². The van der Waals surface area contributed by atoms with E-state index in [-0.39, 0.29) is 5.82 Å². The van der Waals surface area contributed by atoms with E-state index in [0.717, 1.165) is 17.8 Å². The van der Waals surface area contributed by atoms with Crippen LogP contribution < -0.4 is 10.6 Å². The Balaban J connectivity index is 2.40. The molecule has 0 radical (unpaired) electrons. The second-order valence-corrected chi connectivity index (χ2v) is 2.95. The van der Waals surface area contributed by atoms with Gasteiger partial charge in [0.2, 0.25) is 0 Å². The maximum atomic E-state index is 12.7. The van der Waals surface area contributed by atoms with Crippen LogP contribution in [0.25, 0.3) is 0 Å². The van der Waals surface area contributed by atoms with Crippen molar-refractivity contribution in [3.05, 3.63) is 29.6 Å². The fourth-order valence-electron chi connectivity index (χ4n) is 1.56. The summed E-state index contributed by atoms with van der Waals surface area (Å²) in [5.74, 6) is -0.182. The normalized spacial score (nSPS) is 20.3. The number of hydrogen-bond acceptors (Lipinski definition) is 2. The Hall–Kier alpha value is -1.09. The van der Waals surface area contributed by atoms with Crippen LogP contribution in [0.3, 0.4) is 0 Å². The van der Waals surface area contributed by atoms with Crippen molar-refractivity contribution >= 4 is 5.69 Å². The number of likely N-dealkylation sites (N-methyl/N-ethyl adjacent to an activating group) is 1. The lowest BCUT2D eigenvalue weighted by Crippen LogP contribution is -2.17. The quantitative estimate of drug-likeness (QED) is 0.660. The van der Waals surface area contributed by atoms with Crippen molar-refractivity contribution in [2.45, 2.75) is 6.04 Å². The molecule has 2 rings (SSSR count). The first-order valence-electron chi connectivity index (χ1n) is 4.02. The fraction of sp³-hybridized carbons (Fsp3) is 0.333. The van der Waals surface area contributed by atoms with E-state index in [9.17, 15) is 4.39 Å². The number of nitrogens with one attached hydrogen (secondary N) is 2. The first-order valence-corrected chi connectivity index (χ1v) is 4.02. The highest BCUT2D eigenvalue weighted by molar-refractivity contribution is 5.57. The standard InChI is InChI=1S/C9H11FN2/c1-11-9-5-12-8-4-6(10)2-3-7(8)9/h2-4,9,11-12H,5H2,1H3. The maximum absolute atomic E-state index is 12.7. The van der Waals surface area contributed by atoms with Gasteiger partial charge in [-0.2, -0.15) is 0 Å². The Morgan fingerprint density at radius 1 is 1.58 bits per heavy atom. The summed E-state index contributed by atoms with van der Waals surface area (Å²) in [4.78, 5) is 0. The molecule has 0 spiro atoms. The van der Waals surface area contributed by atoms with Gasteiger partial charge < -0.3 is 10.6 Å². The number of fused-ring (bicyclic) bond motifs is 1. The third kappa shape index (κ3) is 1.06. The molecule has 0 aromatic heterocycles. The van der Waals surface area contributed by atoms with Gasteiger partial charge in [-0.15, -0.1) is 0 Å². The lowest BCUT2D eigenvalue weighted by Gasteiger charge is -2.06. The first-order chi connectivity index (χ1) is 5.81. The molecule has 1 atom stereocenters. The molecule has 2 nitrogen and oxygen atoms in total. The van der Waals surface area contributed by atoms with E-state index >= 15 is 0 Å². The third-order valence-electron chi connectivity index (χ3n) is 2.24. The second kappa shape index (κ2) is 2.75. The molecule has 3 heteroatoms. The predicted molar refractivity (Wildman–Crippen MR) is 46.7 cm³/mol. The van der Waals surface area contributed by atoms with Crippen LogP contribution in [0.15, 0.2) is 18.2 Å². The summed E-state index contributed by atoms with van der Waals surface area (Å²) in [5, 5.41) is 6.29.